The minimum atomic E-state index is -1.66. The minimum absolute atomic E-state index is 0.606. The molecule has 0 aliphatic carbocycles. The van der Waals surface area contributed by atoms with Gasteiger partial charge in [-0.15, -0.1) is 11.6 Å². The van der Waals surface area contributed by atoms with Crippen molar-refractivity contribution >= 4 is 19.9 Å². The first-order valence-corrected chi connectivity index (χ1v) is 7.51. The maximum Gasteiger partial charge on any atom is 0.212 e. The van der Waals surface area contributed by atoms with Gasteiger partial charge in [0, 0.05) is 12.1 Å². The van der Waals surface area contributed by atoms with E-state index in [4.69, 9.17) is 16.0 Å². The number of rotatable bonds is 5. The molecule has 3 heteroatoms. The number of halogens is 1. The molecule has 0 aliphatic heterocycles. The highest BCUT2D eigenvalue weighted by molar-refractivity contribution is 6.82. The smallest absolute Gasteiger partial charge is 0.212 e. The van der Waals surface area contributed by atoms with Crippen LogP contribution in [0.3, 0.4) is 0 Å². The van der Waals surface area contributed by atoms with Gasteiger partial charge in [0.25, 0.3) is 0 Å². The van der Waals surface area contributed by atoms with Crippen molar-refractivity contribution in [2.75, 3.05) is 12.1 Å². The molecule has 0 rings (SSSR count). The van der Waals surface area contributed by atoms with Gasteiger partial charge in [0.1, 0.15) is 0 Å². The summed E-state index contributed by atoms with van der Waals surface area (Å²) in [4.78, 5) is 0. The molecule has 1 nitrogen and oxygen atoms in total. The lowest BCUT2D eigenvalue weighted by molar-refractivity contribution is 0.309. The summed E-state index contributed by atoms with van der Waals surface area (Å²) >= 11 is 6.03. The summed E-state index contributed by atoms with van der Waals surface area (Å²) in [7, 11) is -1.66. The van der Waals surface area contributed by atoms with Gasteiger partial charge in [0.05, 0.1) is 0 Å². The van der Waals surface area contributed by atoms with Crippen molar-refractivity contribution in [3.8, 4) is 0 Å². The number of alkyl halides is 1. The van der Waals surface area contributed by atoms with Crippen LogP contribution in [0.4, 0.5) is 0 Å². The van der Waals surface area contributed by atoms with E-state index in [1.807, 2.05) is 0 Å². The number of hydrogen-bond acceptors (Lipinski definition) is 1. The van der Waals surface area contributed by atoms with E-state index >= 15 is 0 Å². The monoisotopic (exact) mass is 208 g/mol. The van der Waals surface area contributed by atoms with Gasteiger partial charge in [-0.3, -0.25) is 0 Å². The molecule has 0 fully saturated rings. The SMILES string of the molecule is CCO[Si](CCl)(C(C)C)C(C)C. The van der Waals surface area contributed by atoms with E-state index in [1.54, 1.807) is 0 Å². The fourth-order valence-electron chi connectivity index (χ4n) is 1.62. The van der Waals surface area contributed by atoms with Crippen molar-refractivity contribution in [1.82, 2.24) is 0 Å². The zero-order valence-corrected chi connectivity index (χ0v) is 10.6. The highest BCUT2D eigenvalue weighted by atomic mass is 35.5. The third-order valence-corrected chi connectivity index (χ3v) is 8.98. The second kappa shape index (κ2) is 5.25. The molecule has 0 atom stereocenters. The van der Waals surface area contributed by atoms with Gasteiger partial charge in [-0.1, -0.05) is 27.7 Å². The predicted octanol–water partition coefficient (Wildman–Crippen LogP) is 3.57. The van der Waals surface area contributed by atoms with Crippen LogP contribution in [0.25, 0.3) is 0 Å². The van der Waals surface area contributed by atoms with Crippen LogP contribution in [0.5, 0.6) is 0 Å². The third-order valence-electron chi connectivity index (χ3n) is 2.58. The summed E-state index contributed by atoms with van der Waals surface area (Å²) < 4.78 is 5.91. The molecule has 0 spiro atoms. The van der Waals surface area contributed by atoms with Gasteiger partial charge in [-0.05, 0) is 18.0 Å². The Balaban J connectivity index is 4.51. The topological polar surface area (TPSA) is 9.23 Å². The van der Waals surface area contributed by atoms with E-state index in [0.717, 1.165) is 12.1 Å². The van der Waals surface area contributed by atoms with E-state index in [0.29, 0.717) is 11.1 Å². The average molecular weight is 209 g/mol. The lowest BCUT2D eigenvalue weighted by atomic mass is 10.5. The largest absolute Gasteiger partial charge is 0.415 e. The van der Waals surface area contributed by atoms with Crippen LogP contribution >= 0.6 is 11.6 Å². The molecule has 0 aromatic carbocycles. The highest BCUT2D eigenvalue weighted by Crippen LogP contribution is 2.34. The van der Waals surface area contributed by atoms with Gasteiger partial charge >= 0.3 is 0 Å². The summed E-state index contributed by atoms with van der Waals surface area (Å²) in [6, 6.07) is 0. The van der Waals surface area contributed by atoms with Crippen LogP contribution in [-0.2, 0) is 4.43 Å². The number of hydrogen-bond donors (Lipinski definition) is 0. The summed E-state index contributed by atoms with van der Waals surface area (Å²) in [6.45, 7) is 11.8. The summed E-state index contributed by atoms with van der Waals surface area (Å²) in [5.41, 5.74) is 1.93. The van der Waals surface area contributed by atoms with Gasteiger partial charge in [-0.25, -0.2) is 0 Å². The normalized spacial score (nSPS) is 13.0. The quantitative estimate of drug-likeness (QED) is 0.496. The fourth-order valence-corrected chi connectivity index (χ4v) is 6.93. The molecule has 0 radical (unpaired) electrons. The van der Waals surface area contributed by atoms with Gasteiger partial charge in [0.15, 0.2) is 0 Å². The Labute approximate surface area is 82.6 Å². The Kier molecular flexibility index (Phi) is 5.46. The molecule has 74 valence electrons. The molecule has 0 aromatic rings. The van der Waals surface area contributed by atoms with Crippen molar-refractivity contribution in [2.24, 2.45) is 0 Å². The van der Waals surface area contributed by atoms with Crippen molar-refractivity contribution in [1.29, 1.82) is 0 Å². The summed E-state index contributed by atoms with van der Waals surface area (Å²) in [5.74, 6) is 0. The highest BCUT2D eigenvalue weighted by Gasteiger charge is 2.40. The van der Waals surface area contributed by atoms with Gasteiger partial charge in [-0.2, -0.15) is 0 Å². The molecular formula is C9H21ClOSi. The first-order chi connectivity index (χ1) is 5.51. The van der Waals surface area contributed by atoms with E-state index in [2.05, 4.69) is 34.6 Å². The van der Waals surface area contributed by atoms with Crippen molar-refractivity contribution < 1.29 is 4.43 Å². The minimum Gasteiger partial charge on any atom is -0.415 e. The molecule has 0 amide bonds. The first kappa shape index (κ1) is 12.5. The molecule has 0 aromatic heterocycles. The Morgan fingerprint density at radius 1 is 1.17 bits per heavy atom. The van der Waals surface area contributed by atoms with Crippen molar-refractivity contribution in [3.05, 3.63) is 0 Å². The first-order valence-electron chi connectivity index (χ1n) is 4.71. The van der Waals surface area contributed by atoms with Gasteiger partial charge < -0.3 is 4.43 Å². The molecule has 12 heavy (non-hydrogen) atoms. The van der Waals surface area contributed by atoms with E-state index in [1.165, 1.54) is 0 Å². The molecule has 0 bridgehead atoms. The molecular weight excluding hydrogens is 188 g/mol. The van der Waals surface area contributed by atoms with Crippen LogP contribution in [0, 0.1) is 0 Å². The van der Waals surface area contributed by atoms with Crippen LogP contribution in [0.2, 0.25) is 11.1 Å². The standard InChI is InChI=1S/C9H21ClOSi/c1-6-11-12(7-10,8(2)3)9(4)5/h8-9H,6-7H2,1-5H3. The van der Waals surface area contributed by atoms with E-state index in [9.17, 15) is 0 Å². The molecule has 0 aliphatic rings. The van der Waals surface area contributed by atoms with Crippen molar-refractivity contribution in [3.63, 3.8) is 0 Å². The fraction of sp³-hybridized carbons (Fsp3) is 1.00. The molecule has 0 N–H and O–H groups in total. The zero-order chi connectivity index (χ0) is 9.78. The van der Waals surface area contributed by atoms with E-state index < -0.39 is 8.32 Å². The predicted molar refractivity (Wildman–Crippen MR) is 58.3 cm³/mol. The molecule has 0 heterocycles. The zero-order valence-electron chi connectivity index (χ0n) is 8.86. The van der Waals surface area contributed by atoms with Crippen molar-refractivity contribution in [2.45, 2.75) is 45.7 Å². The van der Waals surface area contributed by atoms with Crippen LogP contribution in [0.1, 0.15) is 34.6 Å². The lowest BCUT2D eigenvalue weighted by Gasteiger charge is -2.36. The maximum atomic E-state index is 6.03. The molecule has 0 saturated heterocycles. The average Bonchev–Trinajstić information content (AvgIpc) is 1.98. The second-order valence-electron chi connectivity index (χ2n) is 3.83. The lowest BCUT2D eigenvalue weighted by Crippen LogP contribution is -2.47. The van der Waals surface area contributed by atoms with Crippen LogP contribution in [0.15, 0.2) is 0 Å². The molecule has 0 saturated carbocycles. The summed E-state index contributed by atoms with van der Waals surface area (Å²) in [6.07, 6.45) is 0. The van der Waals surface area contributed by atoms with E-state index in [-0.39, 0.29) is 0 Å². The third kappa shape index (κ3) is 2.48. The summed E-state index contributed by atoms with van der Waals surface area (Å²) in [5, 5.41) is 0. The Hall–Kier alpha value is 0.467. The maximum absolute atomic E-state index is 6.03. The van der Waals surface area contributed by atoms with Crippen LogP contribution < -0.4 is 0 Å². The van der Waals surface area contributed by atoms with Gasteiger partial charge in [0.2, 0.25) is 8.32 Å². The Morgan fingerprint density at radius 2 is 1.58 bits per heavy atom. The Morgan fingerprint density at radius 3 is 1.67 bits per heavy atom. The van der Waals surface area contributed by atoms with Crippen LogP contribution in [-0.4, -0.2) is 20.4 Å². The second-order valence-corrected chi connectivity index (χ2v) is 9.41. The molecule has 0 unspecified atom stereocenters. The Bertz CT molecular complexity index is 118.